The first-order valence-electron chi connectivity index (χ1n) is 6.52. The normalized spacial score (nSPS) is 13.9. The van der Waals surface area contributed by atoms with Crippen LogP contribution < -0.4 is 5.32 Å². The van der Waals surface area contributed by atoms with Crippen molar-refractivity contribution >= 4 is 17.3 Å². The van der Waals surface area contributed by atoms with E-state index in [1.807, 2.05) is 11.4 Å². The van der Waals surface area contributed by atoms with Gasteiger partial charge in [-0.25, -0.2) is 9.78 Å². The van der Waals surface area contributed by atoms with Crippen molar-refractivity contribution in [3.05, 3.63) is 52.0 Å². The van der Waals surface area contributed by atoms with Crippen LogP contribution in [0.2, 0.25) is 0 Å². The molecule has 2 rings (SSSR count). The maximum atomic E-state index is 11.0. The summed E-state index contributed by atoms with van der Waals surface area (Å²) in [6.07, 6.45) is 2.72. The molecule has 1 atom stereocenters. The Morgan fingerprint density at radius 1 is 1.50 bits per heavy atom. The molecule has 0 amide bonds. The van der Waals surface area contributed by atoms with Gasteiger partial charge in [0.1, 0.15) is 5.01 Å². The topological polar surface area (TPSA) is 62.2 Å². The minimum atomic E-state index is -0.898. The number of nitrogens with one attached hydrogen (secondary N) is 1. The SMILES string of the molecule is CCC(C)(NCc1cccc(C(=O)O)c1)c1nccs1. The van der Waals surface area contributed by atoms with Crippen LogP contribution in [0.3, 0.4) is 0 Å². The minimum absolute atomic E-state index is 0.187. The third-order valence-electron chi connectivity index (χ3n) is 3.47. The lowest BCUT2D eigenvalue weighted by molar-refractivity contribution is 0.0696. The summed E-state index contributed by atoms with van der Waals surface area (Å²) < 4.78 is 0. The summed E-state index contributed by atoms with van der Waals surface area (Å²) in [6.45, 7) is 4.85. The van der Waals surface area contributed by atoms with E-state index >= 15 is 0 Å². The lowest BCUT2D eigenvalue weighted by Gasteiger charge is -2.27. The van der Waals surface area contributed by atoms with Gasteiger partial charge in [-0.3, -0.25) is 0 Å². The molecule has 0 radical (unpaired) electrons. The smallest absolute Gasteiger partial charge is 0.335 e. The summed E-state index contributed by atoms with van der Waals surface area (Å²) in [5, 5.41) is 15.5. The molecule has 1 aromatic carbocycles. The zero-order chi connectivity index (χ0) is 14.6. The number of carboxylic acid groups (broad SMARTS) is 1. The van der Waals surface area contributed by atoms with Crippen molar-refractivity contribution in [1.29, 1.82) is 0 Å². The van der Waals surface area contributed by atoms with E-state index in [0.29, 0.717) is 12.1 Å². The molecule has 20 heavy (non-hydrogen) atoms. The van der Waals surface area contributed by atoms with E-state index in [1.54, 1.807) is 35.7 Å². The fraction of sp³-hybridized carbons (Fsp3) is 0.333. The van der Waals surface area contributed by atoms with E-state index in [9.17, 15) is 4.79 Å². The highest BCUT2D eigenvalue weighted by atomic mass is 32.1. The van der Waals surface area contributed by atoms with Gasteiger partial charge in [0.05, 0.1) is 11.1 Å². The molecule has 0 bridgehead atoms. The highest BCUT2D eigenvalue weighted by Gasteiger charge is 2.26. The number of hydrogen-bond donors (Lipinski definition) is 2. The van der Waals surface area contributed by atoms with Gasteiger partial charge in [-0.15, -0.1) is 11.3 Å². The number of nitrogens with zero attached hydrogens (tertiary/aromatic N) is 1. The number of hydrogen-bond acceptors (Lipinski definition) is 4. The van der Waals surface area contributed by atoms with Gasteiger partial charge in [-0.2, -0.15) is 0 Å². The van der Waals surface area contributed by atoms with Crippen LogP contribution in [0.15, 0.2) is 35.8 Å². The van der Waals surface area contributed by atoms with Crippen LogP contribution in [0.5, 0.6) is 0 Å². The van der Waals surface area contributed by atoms with Crippen molar-refractivity contribution in [1.82, 2.24) is 10.3 Å². The molecule has 5 heteroatoms. The van der Waals surface area contributed by atoms with Crippen LogP contribution in [0.1, 0.15) is 41.2 Å². The highest BCUT2D eigenvalue weighted by molar-refractivity contribution is 7.09. The summed E-state index contributed by atoms with van der Waals surface area (Å²) in [6, 6.07) is 7.00. The van der Waals surface area contributed by atoms with Gasteiger partial charge < -0.3 is 10.4 Å². The second-order valence-electron chi connectivity index (χ2n) is 4.88. The van der Waals surface area contributed by atoms with Crippen LogP contribution in [-0.2, 0) is 12.1 Å². The molecule has 0 saturated heterocycles. The zero-order valence-corrected chi connectivity index (χ0v) is 12.4. The number of aromatic nitrogens is 1. The Balaban J connectivity index is 2.11. The van der Waals surface area contributed by atoms with Gasteiger partial charge in [-0.1, -0.05) is 19.1 Å². The first-order valence-corrected chi connectivity index (χ1v) is 7.40. The highest BCUT2D eigenvalue weighted by Crippen LogP contribution is 2.26. The number of carboxylic acids is 1. The van der Waals surface area contributed by atoms with Gasteiger partial charge >= 0.3 is 5.97 Å². The van der Waals surface area contributed by atoms with E-state index in [1.165, 1.54) is 0 Å². The molecule has 2 N–H and O–H groups in total. The predicted molar refractivity (Wildman–Crippen MR) is 80.0 cm³/mol. The molecule has 0 aliphatic heterocycles. The Labute approximate surface area is 122 Å². The van der Waals surface area contributed by atoms with Gasteiger partial charge in [-0.05, 0) is 31.0 Å². The predicted octanol–water partition coefficient (Wildman–Crippen LogP) is 3.26. The van der Waals surface area contributed by atoms with Gasteiger partial charge in [0.15, 0.2) is 0 Å². The Hall–Kier alpha value is -1.72. The van der Waals surface area contributed by atoms with Crippen molar-refractivity contribution in [3.8, 4) is 0 Å². The maximum Gasteiger partial charge on any atom is 0.335 e. The van der Waals surface area contributed by atoms with Crippen molar-refractivity contribution < 1.29 is 9.90 Å². The van der Waals surface area contributed by atoms with Crippen LogP contribution in [0.4, 0.5) is 0 Å². The van der Waals surface area contributed by atoms with E-state index in [2.05, 4.69) is 24.1 Å². The summed E-state index contributed by atoms with van der Waals surface area (Å²) in [4.78, 5) is 15.3. The largest absolute Gasteiger partial charge is 0.478 e. The number of thiazole rings is 1. The third kappa shape index (κ3) is 3.23. The van der Waals surface area contributed by atoms with Crippen LogP contribution in [-0.4, -0.2) is 16.1 Å². The average molecular weight is 290 g/mol. The summed E-state index contributed by atoms with van der Waals surface area (Å²) in [5.41, 5.74) is 1.09. The molecule has 1 unspecified atom stereocenters. The quantitative estimate of drug-likeness (QED) is 0.857. The molecular weight excluding hydrogens is 272 g/mol. The molecule has 106 valence electrons. The summed E-state index contributed by atoms with van der Waals surface area (Å²) >= 11 is 1.63. The fourth-order valence-electron chi connectivity index (χ4n) is 1.96. The third-order valence-corrected chi connectivity index (χ3v) is 4.51. The molecule has 2 aromatic rings. The molecule has 0 aliphatic rings. The lowest BCUT2D eigenvalue weighted by atomic mass is 9.99. The molecule has 0 spiro atoms. The molecule has 1 aromatic heterocycles. The van der Waals surface area contributed by atoms with Crippen molar-refractivity contribution in [2.24, 2.45) is 0 Å². The van der Waals surface area contributed by atoms with E-state index < -0.39 is 5.97 Å². The first-order chi connectivity index (χ1) is 9.55. The standard InChI is InChI=1S/C15H18N2O2S/c1-3-15(2,14-16-7-8-20-14)17-10-11-5-4-6-12(9-11)13(18)19/h4-9,17H,3,10H2,1-2H3,(H,18,19). The molecular formula is C15H18N2O2S. The zero-order valence-electron chi connectivity index (χ0n) is 11.6. The molecule has 0 saturated carbocycles. The van der Waals surface area contributed by atoms with Crippen LogP contribution >= 0.6 is 11.3 Å². The van der Waals surface area contributed by atoms with Crippen molar-refractivity contribution in [3.63, 3.8) is 0 Å². The van der Waals surface area contributed by atoms with Crippen molar-refractivity contribution in [2.45, 2.75) is 32.4 Å². The van der Waals surface area contributed by atoms with Crippen LogP contribution in [0.25, 0.3) is 0 Å². The second kappa shape index (κ2) is 6.15. The summed E-state index contributed by atoms with van der Waals surface area (Å²) in [5.74, 6) is -0.898. The maximum absolute atomic E-state index is 11.0. The Morgan fingerprint density at radius 3 is 2.90 bits per heavy atom. The minimum Gasteiger partial charge on any atom is -0.478 e. The first kappa shape index (κ1) is 14.7. The second-order valence-corrected chi connectivity index (χ2v) is 5.78. The number of rotatable bonds is 6. The van der Waals surface area contributed by atoms with Crippen molar-refractivity contribution in [2.75, 3.05) is 0 Å². The van der Waals surface area contributed by atoms with Crippen LogP contribution in [0, 0.1) is 0 Å². The molecule has 0 fully saturated rings. The lowest BCUT2D eigenvalue weighted by Crippen LogP contribution is -2.38. The molecule has 4 nitrogen and oxygen atoms in total. The van der Waals surface area contributed by atoms with E-state index in [0.717, 1.165) is 17.0 Å². The fourth-order valence-corrected chi connectivity index (χ4v) is 2.81. The Morgan fingerprint density at radius 2 is 2.30 bits per heavy atom. The van der Waals surface area contributed by atoms with E-state index in [-0.39, 0.29) is 5.54 Å². The number of aromatic carboxylic acids is 1. The van der Waals surface area contributed by atoms with Gasteiger partial charge in [0, 0.05) is 18.1 Å². The average Bonchev–Trinajstić information content (AvgIpc) is 3.00. The number of benzene rings is 1. The van der Waals surface area contributed by atoms with Gasteiger partial charge in [0.2, 0.25) is 0 Å². The van der Waals surface area contributed by atoms with E-state index in [4.69, 9.17) is 5.11 Å². The molecule has 0 aliphatic carbocycles. The van der Waals surface area contributed by atoms with Gasteiger partial charge in [0.25, 0.3) is 0 Å². The Kier molecular flexibility index (Phi) is 4.52. The summed E-state index contributed by atoms with van der Waals surface area (Å²) in [7, 11) is 0. The Bertz CT molecular complexity index is 583. The number of carbonyl (C=O) groups is 1. The molecule has 1 heterocycles. The monoisotopic (exact) mass is 290 g/mol.